The monoisotopic (exact) mass is 397 g/mol. The number of aromatic nitrogens is 1. The number of fused-ring (bicyclic) bond motifs is 1. The van der Waals surface area contributed by atoms with E-state index in [2.05, 4.69) is 20.9 Å². The Kier molecular flexibility index (Phi) is 4.39. The summed E-state index contributed by atoms with van der Waals surface area (Å²) >= 11 is 9.37. The van der Waals surface area contributed by atoms with Crippen molar-refractivity contribution in [2.75, 3.05) is 0 Å². The van der Waals surface area contributed by atoms with Crippen LogP contribution in [0.4, 0.5) is 0 Å². The van der Waals surface area contributed by atoms with Crippen LogP contribution in [-0.4, -0.2) is 18.7 Å². The van der Waals surface area contributed by atoms with Crippen LogP contribution in [0.2, 0.25) is 5.15 Å². The smallest absolute Gasteiger partial charge is 0.184 e. The maximum absolute atomic E-state index is 12.7. The molecule has 0 fully saturated rings. The minimum Gasteiger partial charge on any atom is -0.235 e. The molecular formula is C16H13BrClNO2S. The van der Waals surface area contributed by atoms with Crippen LogP contribution in [0.15, 0.2) is 51.8 Å². The summed E-state index contributed by atoms with van der Waals surface area (Å²) in [6.07, 6.45) is 4.63. The molecule has 3 nitrogen and oxygen atoms in total. The first kappa shape index (κ1) is 15.7. The molecule has 0 saturated heterocycles. The Hall–Kier alpha value is -1.17. The van der Waals surface area contributed by atoms with Crippen LogP contribution < -0.4 is 0 Å². The summed E-state index contributed by atoms with van der Waals surface area (Å²) in [7, 11) is -3.38. The fraction of sp³-hybridized carbons (Fsp3) is 0.188. The molecule has 1 aromatic carbocycles. The molecule has 1 aliphatic rings. The van der Waals surface area contributed by atoms with Crippen molar-refractivity contribution in [3.05, 3.63) is 63.4 Å². The molecule has 0 bridgehead atoms. The average Bonchev–Trinajstić information content (AvgIpc) is 2.71. The number of nitrogens with zero attached hydrogens (tertiary/aromatic N) is 1. The molecule has 0 spiro atoms. The zero-order valence-corrected chi connectivity index (χ0v) is 14.7. The van der Waals surface area contributed by atoms with Gasteiger partial charge in [-0.1, -0.05) is 35.9 Å². The Labute approximate surface area is 143 Å². The molecule has 22 heavy (non-hydrogen) atoms. The van der Waals surface area contributed by atoms with E-state index in [0.29, 0.717) is 22.9 Å². The van der Waals surface area contributed by atoms with Gasteiger partial charge in [0.15, 0.2) is 9.84 Å². The molecule has 3 rings (SSSR count). The number of aryl methyl sites for hydroxylation is 1. The van der Waals surface area contributed by atoms with E-state index in [4.69, 9.17) is 11.6 Å². The Balaban J connectivity index is 1.96. The molecule has 0 amide bonds. The molecule has 1 atom stereocenters. The second-order valence-electron chi connectivity index (χ2n) is 5.10. The molecule has 0 aliphatic heterocycles. The zero-order valence-electron chi connectivity index (χ0n) is 11.5. The molecule has 1 heterocycles. The molecule has 114 valence electrons. The van der Waals surface area contributed by atoms with E-state index >= 15 is 0 Å². The van der Waals surface area contributed by atoms with Crippen LogP contribution in [0.25, 0.3) is 6.08 Å². The van der Waals surface area contributed by atoms with Gasteiger partial charge in [0.25, 0.3) is 0 Å². The maximum Gasteiger partial charge on any atom is 0.184 e. The van der Waals surface area contributed by atoms with Crippen molar-refractivity contribution in [1.82, 2.24) is 4.98 Å². The first-order valence-corrected chi connectivity index (χ1v) is 9.52. The summed E-state index contributed by atoms with van der Waals surface area (Å²) in [5.74, 6) is 0. The summed E-state index contributed by atoms with van der Waals surface area (Å²) < 4.78 is 26.2. The minimum absolute atomic E-state index is 0.350. The van der Waals surface area contributed by atoms with Crippen LogP contribution in [-0.2, 0) is 16.3 Å². The molecule has 1 unspecified atom stereocenters. The number of pyridine rings is 1. The first-order valence-electron chi connectivity index (χ1n) is 6.80. The van der Waals surface area contributed by atoms with Gasteiger partial charge in [-0.15, -0.1) is 0 Å². The topological polar surface area (TPSA) is 47.0 Å². The highest BCUT2D eigenvalue weighted by Gasteiger charge is 2.27. The van der Waals surface area contributed by atoms with Gasteiger partial charge in [0.2, 0.25) is 0 Å². The third-order valence-corrected chi connectivity index (χ3v) is 6.92. The molecular weight excluding hydrogens is 386 g/mol. The van der Waals surface area contributed by atoms with Gasteiger partial charge in [-0.3, -0.25) is 0 Å². The lowest BCUT2D eigenvalue weighted by Gasteiger charge is -2.12. The van der Waals surface area contributed by atoms with Crippen LogP contribution in [0, 0.1) is 0 Å². The van der Waals surface area contributed by atoms with Crippen LogP contribution in [0.5, 0.6) is 0 Å². The minimum atomic E-state index is -3.38. The third-order valence-electron chi connectivity index (χ3n) is 3.68. The predicted octanol–water partition coefficient (Wildman–Crippen LogP) is 4.30. The molecule has 1 aliphatic carbocycles. The van der Waals surface area contributed by atoms with Gasteiger partial charge in [0.05, 0.1) is 20.3 Å². The first-order chi connectivity index (χ1) is 10.5. The Morgan fingerprint density at radius 2 is 1.95 bits per heavy atom. The molecule has 1 aromatic heterocycles. The standard InChI is InChI=1S/C16H13BrClNO2S/c17-14-10-11-6-7-13(8-9-15(11)19-16(14)18)22(20,21)12-4-2-1-3-5-12/h1-5,8-10,13H,6-7H2. The Morgan fingerprint density at radius 1 is 1.23 bits per heavy atom. The van der Waals surface area contributed by atoms with Gasteiger partial charge in [-0.05, 0) is 58.6 Å². The number of hydrogen-bond donors (Lipinski definition) is 0. The molecule has 0 radical (unpaired) electrons. The van der Waals surface area contributed by atoms with Crippen molar-refractivity contribution in [1.29, 1.82) is 0 Å². The lowest BCUT2D eigenvalue weighted by atomic mass is 10.1. The second-order valence-corrected chi connectivity index (χ2v) is 8.48. The zero-order chi connectivity index (χ0) is 15.7. The van der Waals surface area contributed by atoms with Crippen molar-refractivity contribution < 1.29 is 8.42 Å². The quantitative estimate of drug-likeness (QED) is 0.709. The van der Waals surface area contributed by atoms with Crippen LogP contribution in [0.1, 0.15) is 17.7 Å². The summed E-state index contributed by atoms with van der Waals surface area (Å²) in [4.78, 5) is 4.65. The fourth-order valence-electron chi connectivity index (χ4n) is 2.50. The third kappa shape index (κ3) is 2.98. The van der Waals surface area contributed by atoms with Crippen molar-refractivity contribution in [2.45, 2.75) is 23.0 Å². The lowest BCUT2D eigenvalue weighted by molar-refractivity contribution is 0.584. The number of hydrogen-bond acceptors (Lipinski definition) is 3. The van der Waals surface area contributed by atoms with Crippen molar-refractivity contribution >= 4 is 43.4 Å². The van der Waals surface area contributed by atoms with E-state index in [1.54, 1.807) is 42.5 Å². The summed E-state index contributed by atoms with van der Waals surface area (Å²) in [6, 6.07) is 10.5. The van der Waals surface area contributed by atoms with E-state index in [0.717, 1.165) is 15.7 Å². The SMILES string of the molecule is O=S(=O)(c1ccccc1)C1C=Cc2nc(Cl)c(Br)cc2CC1. The maximum atomic E-state index is 12.7. The van der Waals surface area contributed by atoms with E-state index in [1.165, 1.54) is 0 Å². The van der Waals surface area contributed by atoms with Gasteiger partial charge >= 0.3 is 0 Å². The molecule has 6 heteroatoms. The lowest BCUT2D eigenvalue weighted by Crippen LogP contribution is -2.19. The summed E-state index contributed by atoms with van der Waals surface area (Å²) in [5.41, 5.74) is 1.73. The molecule has 0 N–H and O–H groups in total. The number of rotatable bonds is 2. The number of halogens is 2. The summed E-state index contributed by atoms with van der Waals surface area (Å²) in [6.45, 7) is 0. The number of sulfone groups is 1. The molecule has 2 aromatic rings. The highest BCUT2D eigenvalue weighted by molar-refractivity contribution is 9.10. The van der Waals surface area contributed by atoms with Crippen molar-refractivity contribution in [3.8, 4) is 0 Å². The van der Waals surface area contributed by atoms with E-state index in [1.807, 2.05) is 6.07 Å². The average molecular weight is 399 g/mol. The Morgan fingerprint density at radius 3 is 2.68 bits per heavy atom. The van der Waals surface area contributed by atoms with Crippen LogP contribution >= 0.6 is 27.5 Å². The highest BCUT2D eigenvalue weighted by Crippen LogP contribution is 2.29. The van der Waals surface area contributed by atoms with Crippen LogP contribution in [0.3, 0.4) is 0 Å². The van der Waals surface area contributed by atoms with Gasteiger partial charge in [0, 0.05) is 0 Å². The van der Waals surface area contributed by atoms with Crippen molar-refractivity contribution in [3.63, 3.8) is 0 Å². The largest absolute Gasteiger partial charge is 0.235 e. The Bertz CT molecular complexity index is 835. The molecule has 0 saturated carbocycles. The normalized spacial score (nSPS) is 17.8. The predicted molar refractivity (Wildman–Crippen MR) is 91.7 cm³/mol. The van der Waals surface area contributed by atoms with Gasteiger partial charge in [-0.25, -0.2) is 13.4 Å². The fourth-order valence-corrected chi connectivity index (χ4v) is 4.61. The van der Waals surface area contributed by atoms with E-state index < -0.39 is 15.1 Å². The number of benzene rings is 1. The highest BCUT2D eigenvalue weighted by atomic mass is 79.9. The second kappa shape index (κ2) is 6.14. The van der Waals surface area contributed by atoms with Gasteiger partial charge in [-0.2, -0.15) is 0 Å². The van der Waals surface area contributed by atoms with E-state index in [9.17, 15) is 8.42 Å². The van der Waals surface area contributed by atoms with Gasteiger partial charge < -0.3 is 0 Å². The van der Waals surface area contributed by atoms with E-state index in [-0.39, 0.29) is 0 Å². The van der Waals surface area contributed by atoms with Gasteiger partial charge in [0.1, 0.15) is 5.15 Å². The summed E-state index contributed by atoms with van der Waals surface area (Å²) in [5, 5.41) is -0.172. The van der Waals surface area contributed by atoms with Crippen molar-refractivity contribution in [2.24, 2.45) is 0 Å².